The van der Waals surface area contributed by atoms with Gasteiger partial charge in [-0.1, -0.05) is 0 Å². The van der Waals surface area contributed by atoms with Gasteiger partial charge in [0.2, 0.25) is 0 Å². The molecule has 3 aliphatic heterocycles. The maximum Gasteiger partial charge on any atom is 0.509 e. The van der Waals surface area contributed by atoms with Crippen molar-refractivity contribution < 1.29 is 23.8 Å². The van der Waals surface area contributed by atoms with Crippen molar-refractivity contribution >= 4 is 12.1 Å². The number of hydrogen-bond donors (Lipinski definition) is 1. The minimum absolute atomic E-state index is 0.0172. The van der Waals surface area contributed by atoms with Gasteiger partial charge in [-0.2, -0.15) is 0 Å². The van der Waals surface area contributed by atoms with Crippen LogP contribution in [0.5, 0.6) is 5.75 Å². The zero-order valence-electron chi connectivity index (χ0n) is 15.7. The number of piperidine rings is 1. The maximum absolute atomic E-state index is 13.0. The van der Waals surface area contributed by atoms with Crippen LogP contribution in [0.15, 0.2) is 18.2 Å². The van der Waals surface area contributed by atoms with Crippen LogP contribution < -0.4 is 10.1 Å². The molecule has 1 spiro atoms. The first-order valence-electron chi connectivity index (χ1n) is 9.61. The number of nitrogens with zero attached hydrogens (tertiary/aromatic N) is 1. The zero-order chi connectivity index (χ0) is 18.9. The van der Waals surface area contributed by atoms with Gasteiger partial charge in [-0.15, -0.1) is 0 Å². The Kier molecular flexibility index (Phi) is 4.95. The molecule has 1 aromatic carbocycles. The second-order valence-electron chi connectivity index (χ2n) is 7.71. The monoisotopic (exact) mass is 374 g/mol. The molecular formula is C20H26N2O5. The highest BCUT2D eigenvalue weighted by Gasteiger charge is 2.45. The predicted molar refractivity (Wildman–Crippen MR) is 98.0 cm³/mol. The highest BCUT2D eigenvalue weighted by atomic mass is 16.8. The molecular weight excluding hydrogens is 348 g/mol. The number of amides is 1. The summed E-state index contributed by atoms with van der Waals surface area (Å²) in [6.45, 7) is 3.47. The van der Waals surface area contributed by atoms with E-state index >= 15 is 0 Å². The Bertz CT molecular complexity index is 721. The molecule has 1 aromatic rings. The Morgan fingerprint density at radius 1 is 1.37 bits per heavy atom. The summed E-state index contributed by atoms with van der Waals surface area (Å²) in [6.07, 6.45) is 2.68. The number of nitrogens with one attached hydrogen (secondary N) is 1. The molecule has 0 bridgehead atoms. The van der Waals surface area contributed by atoms with Gasteiger partial charge in [-0.05, 0) is 55.6 Å². The average molecular weight is 374 g/mol. The largest absolute Gasteiger partial charge is 0.509 e. The lowest BCUT2D eigenvalue weighted by Crippen LogP contribution is -2.48. The molecule has 0 radical (unpaired) electrons. The number of cyclic esters (lactones) is 1. The van der Waals surface area contributed by atoms with Crippen molar-refractivity contribution in [2.45, 2.75) is 31.3 Å². The van der Waals surface area contributed by atoms with Crippen molar-refractivity contribution in [2.24, 2.45) is 5.92 Å². The van der Waals surface area contributed by atoms with E-state index < -0.39 is 11.8 Å². The minimum atomic E-state index is -0.601. The molecule has 0 aromatic heterocycles. The molecule has 27 heavy (non-hydrogen) atoms. The summed E-state index contributed by atoms with van der Waals surface area (Å²) in [5.41, 5.74) is 1.23. The van der Waals surface area contributed by atoms with E-state index in [9.17, 15) is 9.59 Å². The van der Waals surface area contributed by atoms with Gasteiger partial charge in [0, 0.05) is 31.5 Å². The van der Waals surface area contributed by atoms with Gasteiger partial charge in [0.25, 0.3) is 5.91 Å². The smallest absolute Gasteiger partial charge is 0.496 e. The molecule has 4 rings (SSSR count). The van der Waals surface area contributed by atoms with Crippen LogP contribution in [0.3, 0.4) is 0 Å². The van der Waals surface area contributed by atoms with E-state index in [1.165, 1.54) is 0 Å². The van der Waals surface area contributed by atoms with E-state index in [1.807, 2.05) is 23.1 Å². The molecule has 3 fully saturated rings. The van der Waals surface area contributed by atoms with E-state index in [0.29, 0.717) is 37.4 Å². The summed E-state index contributed by atoms with van der Waals surface area (Å²) >= 11 is 0. The van der Waals surface area contributed by atoms with Gasteiger partial charge in [-0.3, -0.25) is 4.79 Å². The van der Waals surface area contributed by atoms with Crippen molar-refractivity contribution in [1.82, 2.24) is 10.2 Å². The quantitative estimate of drug-likeness (QED) is 0.813. The SMILES string of the molecule is COc1ccc(C(=O)N2CCC3(CC2)COC(=O)O3)cc1CC1CCNC1. The predicted octanol–water partition coefficient (Wildman–Crippen LogP) is 1.99. The zero-order valence-corrected chi connectivity index (χ0v) is 15.7. The van der Waals surface area contributed by atoms with E-state index in [4.69, 9.17) is 14.2 Å². The Morgan fingerprint density at radius 3 is 2.81 bits per heavy atom. The van der Waals surface area contributed by atoms with Crippen LogP contribution in [0.4, 0.5) is 4.79 Å². The van der Waals surface area contributed by atoms with Crippen LogP contribution >= 0.6 is 0 Å². The Morgan fingerprint density at radius 2 is 2.19 bits per heavy atom. The van der Waals surface area contributed by atoms with Crippen LogP contribution in [0, 0.1) is 5.92 Å². The second kappa shape index (κ2) is 7.38. The molecule has 3 saturated heterocycles. The topological polar surface area (TPSA) is 77.1 Å². The Hall–Kier alpha value is -2.28. The van der Waals surface area contributed by atoms with Gasteiger partial charge >= 0.3 is 6.16 Å². The average Bonchev–Trinajstić information content (AvgIpc) is 3.32. The number of rotatable bonds is 4. The second-order valence-corrected chi connectivity index (χ2v) is 7.71. The first-order chi connectivity index (χ1) is 13.1. The molecule has 3 aliphatic rings. The number of carbonyl (C=O) groups excluding carboxylic acids is 2. The number of ether oxygens (including phenoxy) is 3. The molecule has 1 amide bonds. The van der Waals surface area contributed by atoms with Crippen LogP contribution in [-0.2, 0) is 15.9 Å². The normalized spacial score (nSPS) is 24.0. The first-order valence-corrected chi connectivity index (χ1v) is 9.61. The van der Waals surface area contributed by atoms with Crippen molar-refractivity contribution in [3.63, 3.8) is 0 Å². The first kappa shape index (κ1) is 18.1. The number of likely N-dealkylation sites (tertiary alicyclic amines) is 1. The number of hydrogen-bond acceptors (Lipinski definition) is 6. The van der Waals surface area contributed by atoms with Crippen molar-refractivity contribution in [1.29, 1.82) is 0 Å². The third-order valence-electron chi connectivity index (χ3n) is 5.91. The third kappa shape index (κ3) is 3.74. The molecule has 146 valence electrons. The Labute approximate surface area is 158 Å². The molecule has 1 N–H and O–H groups in total. The lowest BCUT2D eigenvalue weighted by atomic mass is 9.91. The van der Waals surface area contributed by atoms with Gasteiger partial charge in [0.15, 0.2) is 5.60 Å². The Balaban J connectivity index is 1.44. The van der Waals surface area contributed by atoms with Crippen molar-refractivity contribution in [3.05, 3.63) is 29.3 Å². The highest BCUT2D eigenvalue weighted by molar-refractivity contribution is 5.94. The van der Waals surface area contributed by atoms with Gasteiger partial charge in [0.1, 0.15) is 12.4 Å². The van der Waals surface area contributed by atoms with E-state index in [1.54, 1.807) is 7.11 Å². The summed E-state index contributed by atoms with van der Waals surface area (Å²) < 4.78 is 15.8. The van der Waals surface area contributed by atoms with Crippen LogP contribution in [-0.4, -0.2) is 62.5 Å². The van der Waals surface area contributed by atoms with Crippen LogP contribution in [0.25, 0.3) is 0 Å². The molecule has 7 nitrogen and oxygen atoms in total. The fourth-order valence-corrected chi connectivity index (χ4v) is 4.24. The standard InChI is InChI=1S/C20H26N2O5/c1-25-17-3-2-15(11-16(17)10-14-4-7-21-12-14)18(23)22-8-5-20(6-9-22)13-26-19(24)27-20/h2-3,11,14,21H,4-10,12-13H2,1H3. The van der Waals surface area contributed by atoms with E-state index in [2.05, 4.69) is 5.32 Å². The molecule has 0 saturated carbocycles. The van der Waals surface area contributed by atoms with Gasteiger partial charge in [0.05, 0.1) is 7.11 Å². The van der Waals surface area contributed by atoms with Crippen molar-refractivity contribution in [2.75, 3.05) is 39.9 Å². The molecule has 3 heterocycles. The van der Waals surface area contributed by atoms with Crippen LogP contribution in [0.1, 0.15) is 35.2 Å². The molecule has 1 atom stereocenters. The summed E-state index contributed by atoms with van der Waals surface area (Å²) in [6, 6.07) is 5.70. The van der Waals surface area contributed by atoms with Gasteiger partial charge in [-0.25, -0.2) is 4.79 Å². The lowest BCUT2D eigenvalue weighted by molar-refractivity contribution is 0.00281. The number of carbonyl (C=O) groups is 2. The summed E-state index contributed by atoms with van der Waals surface area (Å²) in [7, 11) is 1.67. The van der Waals surface area contributed by atoms with Crippen molar-refractivity contribution in [3.8, 4) is 5.75 Å². The number of methoxy groups -OCH3 is 1. The number of benzene rings is 1. The molecule has 7 heteroatoms. The van der Waals surface area contributed by atoms with Crippen LogP contribution in [0.2, 0.25) is 0 Å². The minimum Gasteiger partial charge on any atom is -0.496 e. The summed E-state index contributed by atoms with van der Waals surface area (Å²) in [5.74, 6) is 1.44. The van der Waals surface area contributed by atoms with E-state index in [0.717, 1.165) is 37.2 Å². The fraction of sp³-hybridized carbons (Fsp3) is 0.600. The van der Waals surface area contributed by atoms with E-state index in [-0.39, 0.29) is 12.5 Å². The summed E-state index contributed by atoms with van der Waals surface area (Å²) in [4.78, 5) is 26.1. The molecule has 1 unspecified atom stereocenters. The van der Waals surface area contributed by atoms with Gasteiger partial charge < -0.3 is 24.4 Å². The lowest BCUT2D eigenvalue weighted by Gasteiger charge is -2.36. The highest BCUT2D eigenvalue weighted by Crippen LogP contribution is 2.32. The maximum atomic E-state index is 13.0. The summed E-state index contributed by atoms with van der Waals surface area (Å²) in [5, 5.41) is 3.38. The third-order valence-corrected chi connectivity index (χ3v) is 5.91. The molecule has 0 aliphatic carbocycles. The fourth-order valence-electron chi connectivity index (χ4n) is 4.24.